The molecular weight excluding hydrogens is 226 g/mol. The molecule has 16 heavy (non-hydrogen) atoms. The third-order valence-electron chi connectivity index (χ3n) is 2.27. The van der Waals surface area contributed by atoms with Crippen molar-refractivity contribution >= 4 is 23.4 Å². The monoisotopic (exact) mass is 235 g/mol. The molecule has 0 radical (unpaired) electrons. The van der Waals surface area contributed by atoms with Gasteiger partial charge in [-0.2, -0.15) is 0 Å². The van der Waals surface area contributed by atoms with E-state index in [2.05, 4.69) is 5.16 Å². The van der Waals surface area contributed by atoms with Crippen molar-refractivity contribution in [2.75, 3.05) is 0 Å². The molecule has 2 rings (SSSR count). The van der Waals surface area contributed by atoms with Crippen molar-refractivity contribution in [2.24, 2.45) is 0 Å². The minimum Gasteiger partial charge on any atom is -0.364 e. The van der Waals surface area contributed by atoms with Crippen molar-refractivity contribution in [1.82, 2.24) is 5.16 Å². The topological polar surface area (TPSA) is 60.2 Å². The molecule has 0 fully saturated rings. The van der Waals surface area contributed by atoms with Gasteiger partial charge in [0.1, 0.15) is 6.26 Å². The van der Waals surface area contributed by atoms with Crippen LogP contribution in [0.25, 0.3) is 0 Å². The molecule has 5 heteroatoms. The first-order chi connectivity index (χ1) is 7.63. The highest BCUT2D eigenvalue weighted by molar-refractivity contribution is 7.14. The van der Waals surface area contributed by atoms with Crippen LogP contribution in [0.2, 0.25) is 0 Å². The van der Waals surface area contributed by atoms with Crippen LogP contribution in [0.4, 0.5) is 0 Å². The molecule has 0 atom stereocenters. The zero-order valence-electron chi connectivity index (χ0n) is 8.81. The summed E-state index contributed by atoms with van der Waals surface area (Å²) in [7, 11) is 0. The van der Waals surface area contributed by atoms with E-state index >= 15 is 0 Å². The lowest BCUT2D eigenvalue weighted by molar-refractivity contribution is 0.103. The zero-order valence-corrected chi connectivity index (χ0v) is 9.63. The lowest BCUT2D eigenvalue weighted by Gasteiger charge is -1.91. The number of hydrogen-bond acceptors (Lipinski definition) is 5. The molecule has 2 aromatic heterocycles. The number of aromatic nitrogens is 1. The summed E-state index contributed by atoms with van der Waals surface area (Å²) in [6.45, 7) is 3.56. The van der Waals surface area contributed by atoms with E-state index in [1.165, 1.54) is 17.6 Å². The van der Waals surface area contributed by atoms with Crippen LogP contribution in [-0.4, -0.2) is 17.2 Å². The fourth-order valence-corrected chi connectivity index (χ4v) is 2.28. The van der Waals surface area contributed by atoms with Crippen LogP contribution in [0.5, 0.6) is 0 Å². The fraction of sp³-hybridized carbons (Fsp3) is 0.182. The van der Waals surface area contributed by atoms with Crippen molar-refractivity contribution in [3.05, 3.63) is 38.9 Å². The van der Waals surface area contributed by atoms with Gasteiger partial charge in [-0.15, -0.1) is 11.3 Å². The second-order valence-electron chi connectivity index (χ2n) is 3.42. The third-order valence-corrected chi connectivity index (χ3v) is 3.33. The molecule has 0 aromatic carbocycles. The summed E-state index contributed by atoms with van der Waals surface area (Å²) in [5.74, 6) is -0.201. The lowest BCUT2D eigenvalue weighted by atomic mass is 10.1. The SMILES string of the molecule is Cc1conc1C(=O)c1cc(C=O)c(C)s1. The van der Waals surface area contributed by atoms with E-state index in [-0.39, 0.29) is 5.78 Å². The molecule has 2 heterocycles. The van der Waals surface area contributed by atoms with Gasteiger partial charge in [0.15, 0.2) is 12.0 Å². The van der Waals surface area contributed by atoms with Gasteiger partial charge in [0.25, 0.3) is 0 Å². The van der Waals surface area contributed by atoms with Crippen molar-refractivity contribution < 1.29 is 14.1 Å². The highest BCUT2D eigenvalue weighted by Gasteiger charge is 2.18. The summed E-state index contributed by atoms with van der Waals surface area (Å²) in [5, 5.41) is 3.65. The van der Waals surface area contributed by atoms with E-state index in [4.69, 9.17) is 4.52 Å². The number of thiophene rings is 1. The first-order valence-electron chi connectivity index (χ1n) is 4.64. The number of carbonyl (C=O) groups is 2. The molecule has 0 N–H and O–H groups in total. The van der Waals surface area contributed by atoms with Crippen LogP contribution < -0.4 is 0 Å². The van der Waals surface area contributed by atoms with Crippen molar-refractivity contribution in [3.63, 3.8) is 0 Å². The molecule has 0 bridgehead atoms. The Labute approximate surface area is 95.9 Å². The maximum Gasteiger partial charge on any atom is 0.225 e. The van der Waals surface area contributed by atoms with Crippen molar-refractivity contribution in [1.29, 1.82) is 0 Å². The number of hydrogen-bond donors (Lipinski definition) is 0. The molecule has 4 nitrogen and oxygen atoms in total. The fourth-order valence-electron chi connectivity index (χ4n) is 1.35. The highest BCUT2D eigenvalue weighted by atomic mass is 32.1. The quantitative estimate of drug-likeness (QED) is 0.605. The van der Waals surface area contributed by atoms with Gasteiger partial charge >= 0.3 is 0 Å². The Hall–Kier alpha value is -1.75. The number of carbonyl (C=O) groups excluding carboxylic acids is 2. The second-order valence-corrected chi connectivity index (χ2v) is 4.67. The Kier molecular flexibility index (Phi) is 2.70. The normalized spacial score (nSPS) is 10.4. The molecule has 0 saturated carbocycles. The summed E-state index contributed by atoms with van der Waals surface area (Å²) in [5.41, 5.74) is 1.55. The smallest absolute Gasteiger partial charge is 0.225 e. The van der Waals surface area contributed by atoms with E-state index in [1.807, 2.05) is 0 Å². The van der Waals surface area contributed by atoms with Crippen LogP contribution >= 0.6 is 11.3 Å². The molecular formula is C11H9NO3S. The predicted molar refractivity (Wildman–Crippen MR) is 59.1 cm³/mol. The number of aldehydes is 1. The highest BCUT2D eigenvalue weighted by Crippen LogP contribution is 2.23. The minimum atomic E-state index is -0.201. The standard InChI is InChI=1S/C11H9NO3S/c1-6-5-15-12-10(6)11(14)9-3-8(4-13)7(2)16-9/h3-5H,1-2H3. The Balaban J connectivity index is 2.42. The second kappa shape index (κ2) is 4.02. The molecule has 2 aromatic rings. The molecule has 0 aliphatic heterocycles. The van der Waals surface area contributed by atoms with Gasteiger partial charge in [0.05, 0.1) is 4.88 Å². The summed E-state index contributed by atoms with van der Waals surface area (Å²) in [6, 6.07) is 1.59. The molecule has 0 amide bonds. The first-order valence-corrected chi connectivity index (χ1v) is 5.46. The van der Waals surface area contributed by atoms with Crippen LogP contribution in [0, 0.1) is 13.8 Å². The van der Waals surface area contributed by atoms with Gasteiger partial charge in [-0.3, -0.25) is 9.59 Å². The molecule has 0 aliphatic rings. The number of rotatable bonds is 3. The van der Waals surface area contributed by atoms with Crippen LogP contribution in [0.1, 0.15) is 36.2 Å². The predicted octanol–water partition coefficient (Wildman–Crippen LogP) is 2.40. The van der Waals surface area contributed by atoms with Crippen LogP contribution in [0.3, 0.4) is 0 Å². The van der Waals surface area contributed by atoms with Gasteiger partial charge in [-0.1, -0.05) is 5.16 Å². The van der Waals surface area contributed by atoms with E-state index in [9.17, 15) is 9.59 Å². The van der Waals surface area contributed by atoms with Gasteiger partial charge in [0.2, 0.25) is 5.78 Å². The Bertz CT molecular complexity index is 553. The maximum atomic E-state index is 12.0. The summed E-state index contributed by atoms with van der Waals surface area (Å²) >= 11 is 1.29. The molecule has 82 valence electrons. The summed E-state index contributed by atoms with van der Waals surface area (Å²) < 4.78 is 4.72. The van der Waals surface area contributed by atoms with Gasteiger partial charge < -0.3 is 4.52 Å². The molecule has 0 spiro atoms. The molecule has 0 unspecified atom stereocenters. The lowest BCUT2D eigenvalue weighted by Crippen LogP contribution is -2.00. The molecule has 0 saturated heterocycles. The van der Waals surface area contributed by atoms with E-state index in [0.29, 0.717) is 21.7 Å². The number of nitrogens with zero attached hydrogens (tertiary/aromatic N) is 1. The van der Waals surface area contributed by atoms with Crippen molar-refractivity contribution in [3.8, 4) is 0 Å². The average molecular weight is 235 g/mol. The average Bonchev–Trinajstić information content (AvgIpc) is 2.83. The number of ketones is 1. The first kappa shape index (κ1) is 10.8. The van der Waals surface area contributed by atoms with Crippen molar-refractivity contribution in [2.45, 2.75) is 13.8 Å². The Morgan fingerprint density at radius 2 is 2.25 bits per heavy atom. The van der Waals surface area contributed by atoms with E-state index < -0.39 is 0 Å². The third kappa shape index (κ3) is 1.69. The maximum absolute atomic E-state index is 12.0. The van der Waals surface area contributed by atoms with Gasteiger partial charge in [-0.05, 0) is 19.9 Å². The van der Waals surface area contributed by atoms with E-state index in [1.54, 1.807) is 19.9 Å². The van der Waals surface area contributed by atoms with Gasteiger partial charge in [0, 0.05) is 16.0 Å². The van der Waals surface area contributed by atoms with Crippen LogP contribution in [0.15, 0.2) is 16.9 Å². The summed E-state index contributed by atoms with van der Waals surface area (Å²) in [4.78, 5) is 24.0. The zero-order chi connectivity index (χ0) is 11.7. The largest absolute Gasteiger partial charge is 0.364 e. The number of aryl methyl sites for hydroxylation is 2. The Morgan fingerprint density at radius 3 is 2.75 bits per heavy atom. The summed E-state index contributed by atoms with van der Waals surface area (Å²) in [6.07, 6.45) is 2.17. The minimum absolute atomic E-state index is 0.201. The Morgan fingerprint density at radius 1 is 1.50 bits per heavy atom. The molecule has 0 aliphatic carbocycles. The van der Waals surface area contributed by atoms with Gasteiger partial charge in [-0.25, -0.2) is 0 Å². The van der Waals surface area contributed by atoms with Crippen LogP contribution in [-0.2, 0) is 0 Å². The van der Waals surface area contributed by atoms with E-state index in [0.717, 1.165) is 11.2 Å².